The first-order valence-electron chi connectivity index (χ1n) is 10.8. The number of aliphatic carboxylic acids is 1. The quantitative estimate of drug-likeness (QED) is 0.135. The van der Waals surface area contributed by atoms with Gasteiger partial charge in [-0.1, -0.05) is 5.16 Å². The maximum absolute atomic E-state index is 13.0. The molecule has 5 heterocycles. The third kappa shape index (κ3) is 4.46. The van der Waals surface area contributed by atoms with Crippen LogP contribution in [0.3, 0.4) is 0 Å². The van der Waals surface area contributed by atoms with Crippen LogP contribution in [0.4, 0.5) is 5.13 Å². The van der Waals surface area contributed by atoms with E-state index in [9.17, 15) is 29.4 Å². The number of carboxylic acid groups (broad SMARTS) is 2. The van der Waals surface area contributed by atoms with Gasteiger partial charge in [-0.25, -0.2) is 14.3 Å². The summed E-state index contributed by atoms with van der Waals surface area (Å²) < 4.78 is 2.44. The number of fused-ring (bicyclic) bond motifs is 2. The van der Waals surface area contributed by atoms with Gasteiger partial charge in [0.05, 0.1) is 22.6 Å². The Balaban J connectivity index is 1.37. The summed E-state index contributed by atoms with van der Waals surface area (Å²) in [6, 6.07) is 0.745. The number of thiophene rings is 1. The highest BCUT2D eigenvalue weighted by Crippen LogP contribution is 2.40. The highest BCUT2D eigenvalue weighted by Gasteiger charge is 2.53. The molecule has 2 atom stereocenters. The number of amides is 2. The first-order valence-corrected chi connectivity index (χ1v) is 13.7. The molecule has 0 spiro atoms. The number of anilines is 1. The van der Waals surface area contributed by atoms with Gasteiger partial charge in [-0.15, -0.1) is 34.4 Å². The number of hydrogen-bond acceptors (Lipinski definition) is 12. The van der Waals surface area contributed by atoms with Gasteiger partial charge in [-0.3, -0.25) is 14.5 Å². The highest BCUT2D eigenvalue weighted by atomic mass is 32.2. The van der Waals surface area contributed by atoms with Gasteiger partial charge in [-0.2, -0.15) is 0 Å². The molecule has 0 saturated carbocycles. The molecule has 0 bridgehead atoms. The SMILES string of the molecule is CO/N=C(\C(=O)N[C@@H]1C(=O)N2C(C(=O)[O-])=C(C[n+]3ccc4scc(C(=O)O)c4c3)CS[C@H]12)c1csc(N)n1. The summed E-state index contributed by atoms with van der Waals surface area (Å²) >= 11 is 3.68. The van der Waals surface area contributed by atoms with Crippen molar-refractivity contribution >= 4 is 79.1 Å². The van der Waals surface area contributed by atoms with Crippen molar-refractivity contribution in [1.82, 2.24) is 15.2 Å². The number of oxime groups is 1. The standard InChI is InChI=1S/C22H18N6O7S3/c1-35-26-14(12-8-38-22(23)24-12)17(29)25-15-18(30)28-16(21(33)34)9(6-37-19(15)28)4-27-3-2-13-10(5-27)11(7-36-13)20(31)32/h2-3,5,7-8,15,19H,4,6H2,1H3,(H4-,23,24,25,29,31,32,33,34)/b26-14-/t15-,19-/m1/s1. The summed E-state index contributed by atoms with van der Waals surface area (Å²) in [5.74, 6) is -3.68. The van der Waals surface area contributed by atoms with Crippen molar-refractivity contribution in [2.24, 2.45) is 5.16 Å². The smallest absolute Gasteiger partial charge is 0.337 e. The number of thioether (sulfide) groups is 1. The number of nitrogens with two attached hydrogens (primary N) is 1. The second-order valence-corrected chi connectivity index (χ2v) is 11.0. The number of thiazole rings is 1. The van der Waals surface area contributed by atoms with Crippen LogP contribution in [-0.2, 0) is 25.8 Å². The molecule has 3 aromatic rings. The second kappa shape index (κ2) is 10.0. The Morgan fingerprint density at radius 2 is 2.16 bits per heavy atom. The van der Waals surface area contributed by atoms with Crippen LogP contribution in [-0.4, -0.2) is 68.7 Å². The number of carbonyl (C=O) groups is 4. The van der Waals surface area contributed by atoms with E-state index in [1.807, 2.05) is 0 Å². The molecule has 13 nitrogen and oxygen atoms in total. The van der Waals surface area contributed by atoms with Gasteiger partial charge in [0.15, 0.2) is 29.8 Å². The molecular formula is C22H18N6O7S3. The monoisotopic (exact) mass is 574 g/mol. The molecule has 0 aliphatic carbocycles. The zero-order valence-corrected chi connectivity index (χ0v) is 21.9. The van der Waals surface area contributed by atoms with E-state index < -0.39 is 35.2 Å². The molecule has 2 aliphatic rings. The van der Waals surface area contributed by atoms with Crippen molar-refractivity contribution in [3.8, 4) is 0 Å². The van der Waals surface area contributed by atoms with Crippen LogP contribution in [0.15, 0.2) is 45.6 Å². The average molecular weight is 575 g/mol. The normalized spacial score (nSPS) is 19.2. The number of rotatable bonds is 8. The van der Waals surface area contributed by atoms with Crippen LogP contribution in [0.5, 0.6) is 0 Å². The van der Waals surface area contributed by atoms with Crippen LogP contribution in [0.2, 0.25) is 0 Å². The molecule has 1 saturated heterocycles. The van der Waals surface area contributed by atoms with Gasteiger partial charge >= 0.3 is 5.97 Å². The van der Waals surface area contributed by atoms with Crippen LogP contribution in [0.1, 0.15) is 16.1 Å². The lowest BCUT2D eigenvalue weighted by Gasteiger charge is -2.50. The minimum atomic E-state index is -1.52. The third-order valence-electron chi connectivity index (χ3n) is 5.86. The summed E-state index contributed by atoms with van der Waals surface area (Å²) in [5.41, 5.74) is 5.94. The lowest BCUT2D eigenvalue weighted by Crippen LogP contribution is -2.71. The van der Waals surface area contributed by atoms with Crippen molar-refractivity contribution in [2.75, 3.05) is 18.6 Å². The Morgan fingerprint density at radius 1 is 1.37 bits per heavy atom. The second-order valence-electron chi connectivity index (χ2n) is 8.14. The molecule has 0 unspecified atom stereocenters. The number of carbonyl (C=O) groups excluding carboxylic acids is 3. The van der Waals surface area contributed by atoms with Crippen molar-refractivity contribution in [2.45, 2.75) is 18.0 Å². The predicted octanol–water partition coefficient (Wildman–Crippen LogP) is -0.620. The Labute approximate surface area is 226 Å². The number of nitrogens with zero attached hydrogens (tertiary/aromatic N) is 4. The average Bonchev–Trinajstić information content (AvgIpc) is 3.51. The van der Waals surface area contributed by atoms with Gasteiger partial charge in [0.2, 0.25) is 0 Å². The number of carboxylic acids is 2. The third-order valence-corrected chi connectivity index (χ3v) is 8.84. The number of nitrogens with one attached hydrogen (secondary N) is 1. The first-order chi connectivity index (χ1) is 18.2. The number of nitrogen functional groups attached to an aromatic ring is 1. The fourth-order valence-electron chi connectivity index (χ4n) is 4.20. The van der Waals surface area contributed by atoms with Crippen LogP contribution < -0.4 is 20.7 Å². The van der Waals surface area contributed by atoms with Crippen LogP contribution in [0, 0.1) is 0 Å². The Morgan fingerprint density at radius 3 is 2.82 bits per heavy atom. The number of aromatic nitrogens is 2. The van der Waals surface area contributed by atoms with Crippen LogP contribution in [0.25, 0.3) is 10.1 Å². The zero-order chi connectivity index (χ0) is 27.1. The van der Waals surface area contributed by atoms with Crippen molar-refractivity contribution in [3.63, 3.8) is 0 Å². The van der Waals surface area contributed by atoms with E-state index in [1.165, 1.54) is 35.6 Å². The van der Waals surface area contributed by atoms with E-state index in [-0.39, 0.29) is 40.1 Å². The van der Waals surface area contributed by atoms with Crippen molar-refractivity contribution < 1.29 is 38.8 Å². The van der Waals surface area contributed by atoms with Crippen LogP contribution >= 0.6 is 34.4 Å². The lowest BCUT2D eigenvalue weighted by molar-refractivity contribution is -0.687. The van der Waals surface area contributed by atoms with Crippen molar-refractivity contribution in [1.29, 1.82) is 0 Å². The highest BCUT2D eigenvalue weighted by molar-refractivity contribution is 8.00. The van der Waals surface area contributed by atoms with Crippen molar-refractivity contribution in [3.05, 3.63) is 51.7 Å². The molecular weight excluding hydrogens is 556 g/mol. The first kappa shape index (κ1) is 25.6. The molecule has 2 amide bonds. The fraction of sp³-hybridized carbons (Fsp3) is 0.227. The molecule has 5 rings (SSSR count). The summed E-state index contributed by atoms with van der Waals surface area (Å²) in [5, 5.41) is 31.0. The molecule has 196 valence electrons. The van der Waals surface area contributed by atoms with Gasteiger partial charge in [0.25, 0.3) is 11.8 Å². The molecule has 0 radical (unpaired) electrons. The van der Waals surface area contributed by atoms with E-state index in [0.717, 1.165) is 20.9 Å². The molecule has 1 fully saturated rings. The maximum atomic E-state index is 13.0. The summed E-state index contributed by atoms with van der Waals surface area (Å²) in [6.45, 7) is 0.102. The summed E-state index contributed by atoms with van der Waals surface area (Å²) in [7, 11) is 1.26. The summed E-state index contributed by atoms with van der Waals surface area (Å²) in [4.78, 5) is 59.4. The number of hydrogen-bond donors (Lipinski definition) is 3. The number of aromatic carboxylic acids is 1. The molecule has 4 N–H and O–H groups in total. The Hall–Kier alpha value is -4.02. The minimum absolute atomic E-state index is 0.102. The molecule has 3 aromatic heterocycles. The number of pyridine rings is 1. The molecule has 16 heteroatoms. The summed E-state index contributed by atoms with van der Waals surface area (Å²) in [6.07, 6.45) is 3.35. The molecule has 38 heavy (non-hydrogen) atoms. The largest absolute Gasteiger partial charge is 0.543 e. The van der Waals surface area contributed by atoms with E-state index in [1.54, 1.807) is 28.4 Å². The van der Waals surface area contributed by atoms with Gasteiger partial charge in [0.1, 0.15) is 24.2 Å². The Bertz CT molecular complexity index is 1560. The Kier molecular flexibility index (Phi) is 6.77. The topological polar surface area (TPSA) is 191 Å². The van der Waals surface area contributed by atoms with E-state index >= 15 is 0 Å². The molecule has 0 aromatic carbocycles. The van der Waals surface area contributed by atoms with E-state index in [4.69, 9.17) is 10.6 Å². The fourth-order valence-corrected chi connectivity index (χ4v) is 6.98. The van der Waals surface area contributed by atoms with Gasteiger partial charge < -0.3 is 30.9 Å². The maximum Gasteiger partial charge on any atom is 0.337 e. The van der Waals surface area contributed by atoms with Gasteiger partial charge in [0, 0.05) is 32.9 Å². The van der Waals surface area contributed by atoms with E-state index in [0.29, 0.717) is 11.0 Å². The zero-order valence-electron chi connectivity index (χ0n) is 19.4. The number of β-lactam (4-membered cyclic amide) rings is 1. The molecule has 2 aliphatic heterocycles. The van der Waals surface area contributed by atoms with Gasteiger partial charge in [-0.05, 0) is 0 Å². The van der Waals surface area contributed by atoms with E-state index in [2.05, 4.69) is 15.5 Å². The predicted molar refractivity (Wildman–Crippen MR) is 136 cm³/mol. The lowest BCUT2D eigenvalue weighted by atomic mass is 10.0. The minimum Gasteiger partial charge on any atom is -0.543 e.